The molecule has 0 bridgehead atoms. The third kappa shape index (κ3) is 5.59. The van der Waals surface area contributed by atoms with Crippen LogP contribution in [0.25, 0.3) is 0 Å². The number of carbonyl (C=O) groups excluding carboxylic acids is 1. The van der Waals surface area contributed by atoms with Crippen LogP contribution in [0.4, 0.5) is 0 Å². The maximum Gasteiger partial charge on any atom is 0.243 e. The van der Waals surface area contributed by atoms with Gasteiger partial charge in [0, 0.05) is 37.6 Å². The van der Waals surface area contributed by atoms with E-state index in [1.54, 1.807) is 23.5 Å². The molecule has 1 amide bonds. The summed E-state index contributed by atoms with van der Waals surface area (Å²) in [7, 11) is -3.61. The van der Waals surface area contributed by atoms with Crippen molar-refractivity contribution in [2.75, 3.05) is 39.3 Å². The lowest BCUT2D eigenvalue weighted by Crippen LogP contribution is -2.45. The summed E-state index contributed by atoms with van der Waals surface area (Å²) >= 11 is 1.79. The second-order valence-electron chi connectivity index (χ2n) is 11.2. The Morgan fingerprint density at radius 3 is 2.37 bits per heavy atom. The fourth-order valence-corrected chi connectivity index (χ4v) is 7.87. The number of fused-ring (bicyclic) bond motifs is 1. The summed E-state index contributed by atoms with van der Waals surface area (Å²) in [4.78, 5) is 19.4. The number of sulfonamides is 1. The van der Waals surface area contributed by atoms with E-state index in [0.717, 1.165) is 18.5 Å². The van der Waals surface area contributed by atoms with Crippen LogP contribution in [0.3, 0.4) is 0 Å². The van der Waals surface area contributed by atoms with Crippen molar-refractivity contribution in [2.45, 2.75) is 50.0 Å². The maximum atomic E-state index is 13.5. The molecular formula is C30H37N3O3S2. The van der Waals surface area contributed by atoms with Gasteiger partial charge < -0.3 is 4.90 Å². The van der Waals surface area contributed by atoms with Crippen molar-refractivity contribution < 1.29 is 13.2 Å². The van der Waals surface area contributed by atoms with Crippen LogP contribution >= 0.6 is 11.3 Å². The zero-order chi connectivity index (χ0) is 26.9. The second kappa shape index (κ2) is 10.9. The number of hydrogen-bond acceptors (Lipinski definition) is 5. The molecule has 1 atom stereocenters. The van der Waals surface area contributed by atoms with Crippen LogP contribution < -0.4 is 0 Å². The third-order valence-corrected chi connectivity index (χ3v) is 10.6. The SMILES string of the molecule is CC(C)(C)c1ccc(S(=O)(=O)N2CCCN(C(=O)CN3CCc4sccc4[C@H]3c3ccccc3)CC2)cc1. The summed E-state index contributed by atoms with van der Waals surface area (Å²) in [6.45, 7) is 9.21. The summed E-state index contributed by atoms with van der Waals surface area (Å²) < 4.78 is 28.3. The average Bonchev–Trinajstić information content (AvgIpc) is 3.23. The second-order valence-corrected chi connectivity index (χ2v) is 14.2. The van der Waals surface area contributed by atoms with Crippen LogP contribution in [0.2, 0.25) is 0 Å². The molecule has 1 saturated heterocycles. The number of benzene rings is 2. The lowest BCUT2D eigenvalue weighted by molar-refractivity contribution is -0.132. The highest BCUT2D eigenvalue weighted by molar-refractivity contribution is 7.89. The van der Waals surface area contributed by atoms with Crippen LogP contribution in [0.15, 0.2) is 70.9 Å². The smallest absolute Gasteiger partial charge is 0.243 e. The number of hydrogen-bond donors (Lipinski definition) is 0. The summed E-state index contributed by atoms with van der Waals surface area (Å²) in [6, 6.07) is 19.9. The standard InChI is InChI=1S/C30H37N3O3S2/c1-30(2,3)24-10-12-25(13-11-24)38(35,36)33-17-7-16-31(19-20-33)28(34)22-32-18-14-27-26(15-21-37-27)29(32)23-8-5-4-6-9-23/h4-6,8-13,15,21,29H,7,14,16-20,22H2,1-3H3/t29-/m1/s1. The van der Waals surface area contributed by atoms with Gasteiger partial charge in [-0.25, -0.2) is 8.42 Å². The molecule has 0 aliphatic carbocycles. The molecule has 8 heteroatoms. The molecule has 0 radical (unpaired) electrons. The van der Waals surface area contributed by atoms with Crippen LogP contribution in [0.5, 0.6) is 0 Å². The van der Waals surface area contributed by atoms with E-state index in [1.165, 1.54) is 20.3 Å². The van der Waals surface area contributed by atoms with Crippen LogP contribution in [0, 0.1) is 0 Å². The van der Waals surface area contributed by atoms with Crippen LogP contribution in [-0.2, 0) is 26.7 Å². The van der Waals surface area contributed by atoms with E-state index in [4.69, 9.17) is 0 Å². The maximum absolute atomic E-state index is 13.5. The first-order valence-corrected chi connectivity index (χ1v) is 15.7. The monoisotopic (exact) mass is 551 g/mol. The van der Waals surface area contributed by atoms with Gasteiger partial charge in [-0.15, -0.1) is 11.3 Å². The van der Waals surface area contributed by atoms with Crippen molar-refractivity contribution in [3.05, 3.63) is 87.6 Å². The number of amides is 1. The molecule has 0 unspecified atom stereocenters. The Hall–Kier alpha value is -2.52. The highest BCUT2D eigenvalue weighted by Crippen LogP contribution is 2.37. The molecular weight excluding hydrogens is 514 g/mol. The van der Waals surface area contributed by atoms with E-state index in [2.05, 4.69) is 61.4 Å². The lowest BCUT2D eigenvalue weighted by atomic mass is 9.87. The molecule has 5 rings (SSSR count). The molecule has 6 nitrogen and oxygen atoms in total. The minimum atomic E-state index is -3.61. The van der Waals surface area contributed by atoms with E-state index >= 15 is 0 Å². The molecule has 3 aromatic rings. The third-order valence-electron chi connectivity index (χ3n) is 7.69. The molecule has 3 heterocycles. The predicted molar refractivity (Wildman–Crippen MR) is 153 cm³/mol. The zero-order valence-corrected chi connectivity index (χ0v) is 24.1. The van der Waals surface area contributed by atoms with Gasteiger partial charge in [0.1, 0.15) is 0 Å². The van der Waals surface area contributed by atoms with Gasteiger partial charge in [0.25, 0.3) is 0 Å². The first-order chi connectivity index (χ1) is 18.1. The number of carbonyl (C=O) groups is 1. The predicted octanol–water partition coefficient (Wildman–Crippen LogP) is 4.92. The van der Waals surface area contributed by atoms with Gasteiger partial charge in [0.2, 0.25) is 15.9 Å². The first-order valence-electron chi connectivity index (χ1n) is 13.4. The van der Waals surface area contributed by atoms with Crippen molar-refractivity contribution in [1.29, 1.82) is 0 Å². The van der Waals surface area contributed by atoms with E-state index in [0.29, 0.717) is 44.0 Å². The van der Waals surface area contributed by atoms with Crippen molar-refractivity contribution >= 4 is 27.3 Å². The first kappa shape index (κ1) is 27.1. The van der Waals surface area contributed by atoms with Gasteiger partial charge in [0.05, 0.1) is 17.5 Å². The average molecular weight is 552 g/mol. The Bertz CT molecular complexity index is 1360. The largest absolute Gasteiger partial charge is 0.340 e. The summed E-state index contributed by atoms with van der Waals surface area (Å²) in [5.74, 6) is 0.0680. The zero-order valence-electron chi connectivity index (χ0n) is 22.5. The Balaban J connectivity index is 1.27. The summed E-state index contributed by atoms with van der Waals surface area (Å²) in [6.07, 6.45) is 1.57. The Labute approximate surface area is 230 Å². The molecule has 38 heavy (non-hydrogen) atoms. The normalized spacial score (nSPS) is 19.7. The minimum Gasteiger partial charge on any atom is -0.340 e. The highest BCUT2D eigenvalue weighted by atomic mass is 32.2. The Morgan fingerprint density at radius 1 is 0.921 bits per heavy atom. The summed E-state index contributed by atoms with van der Waals surface area (Å²) in [5.41, 5.74) is 3.56. The molecule has 2 aliphatic rings. The van der Waals surface area contributed by atoms with Gasteiger partial charge in [-0.2, -0.15) is 4.31 Å². The molecule has 0 saturated carbocycles. The van der Waals surface area contributed by atoms with Gasteiger partial charge >= 0.3 is 0 Å². The Kier molecular flexibility index (Phi) is 7.78. The van der Waals surface area contributed by atoms with Crippen LogP contribution in [0.1, 0.15) is 54.8 Å². The molecule has 0 N–H and O–H groups in total. The molecule has 1 fully saturated rings. The topological polar surface area (TPSA) is 60.9 Å². The number of rotatable bonds is 5. The van der Waals surface area contributed by atoms with Crippen molar-refractivity contribution in [1.82, 2.24) is 14.1 Å². The van der Waals surface area contributed by atoms with Gasteiger partial charge in [0.15, 0.2) is 0 Å². The molecule has 0 spiro atoms. The van der Waals surface area contributed by atoms with E-state index in [1.807, 2.05) is 23.1 Å². The van der Waals surface area contributed by atoms with Crippen molar-refractivity contribution in [3.8, 4) is 0 Å². The quantitative estimate of drug-likeness (QED) is 0.452. The van der Waals surface area contributed by atoms with E-state index in [-0.39, 0.29) is 17.4 Å². The van der Waals surface area contributed by atoms with Gasteiger partial charge in [-0.1, -0.05) is 63.2 Å². The lowest BCUT2D eigenvalue weighted by Gasteiger charge is -2.37. The number of nitrogens with zero attached hydrogens (tertiary/aromatic N) is 3. The van der Waals surface area contributed by atoms with Crippen molar-refractivity contribution in [2.24, 2.45) is 0 Å². The minimum absolute atomic E-state index is 0.0371. The fourth-order valence-electron chi connectivity index (χ4n) is 5.50. The Morgan fingerprint density at radius 2 is 1.66 bits per heavy atom. The summed E-state index contributed by atoms with van der Waals surface area (Å²) in [5, 5.41) is 2.15. The van der Waals surface area contributed by atoms with E-state index in [9.17, 15) is 13.2 Å². The fraction of sp³-hybridized carbons (Fsp3) is 0.433. The number of thiophene rings is 1. The van der Waals surface area contributed by atoms with Gasteiger partial charge in [-0.3, -0.25) is 9.69 Å². The van der Waals surface area contributed by atoms with Crippen molar-refractivity contribution in [3.63, 3.8) is 0 Å². The molecule has 1 aromatic heterocycles. The highest BCUT2D eigenvalue weighted by Gasteiger charge is 2.33. The van der Waals surface area contributed by atoms with E-state index < -0.39 is 10.0 Å². The van der Waals surface area contributed by atoms with Gasteiger partial charge in [-0.05, 0) is 58.5 Å². The molecule has 202 valence electrons. The molecule has 2 aliphatic heterocycles. The molecule has 2 aromatic carbocycles. The van der Waals surface area contributed by atoms with Crippen LogP contribution in [-0.4, -0.2) is 67.7 Å².